The lowest BCUT2D eigenvalue weighted by molar-refractivity contribution is -0.130. The Balaban J connectivity index is 2.44. The second-order valence-corrected chi connectivity index (χ2v) is 5.88. The standard InChI is InChI=1S/C13H22ClN3OS/c1-4-17(7-5-6-16(2)3)13(18)8-12-15-11(9-14)10-19-12/h10H,4-9H2,1-3H3. The first-order chi connectivity index (χ1) is 9.06. The van der Waals surface area contributed by atoms with Crippen molar-refractivity contribution in [1.29, 1.82) is 0 Å². The molecule has 1 aromatic heterocycles. The number of amides is 1. The fourth-order valence-corrected chi connectivity index (χ4v) is 2.78. The smallest absolute Gasteiger partial charge is 0.229 e. The van der Waals surface area contributed by atoms with Crippen molar-refractivity contribution < 1.29 is 4.79 Å². The van der Waals surface area contributed by atoms with Gasteiger partial charge in [0.25, 0.3) is 0 Å². The fraction of sp³-hybridized carbons (Fsp3) is 0.692. The van der Waals surface area contributed by atoms with E-state index in [0.717, 1.165) is 36.8 Å². The van der Waals surface area contributed by atoms with Crippen LogP contribution in [0.3, 0.4) is 0 Å². The van der Waals surface area contributed by atoms with E-state index in [1.54, 1.807) is 0 Å². The highest BCUT2D eigenvalue weighted by atomic mass is 35.5. The maximum absolute atomic E-state index is 12.2. The minimum absolute atomic E-state index is 0.150. The summed E-state index contributed by atoms with van der Waals surface area (Å²) in [6, 6.07) is 0. The van der Waals surface area contributed by atoms with Gasteiger partial charge in [-0.15, -0.1) is 22.9 Å². The molecule has 0 saturated carbocycles. The molecule has 0 N–H and O–H groups in total. The molecule has 0 aliphatic heterocycles. The van der Waals surface area contributed by atoms with Gasteiger partial charge in [0.15, 0.2) is 0 Å². The zero-order valence-corrected chi connectivity index (χ0v) is 13.4. The lowest BCUT2D eigenvalue weighted by Gasteiger charge is -2.21. The van der Waals surface area contributed by atoms with E-state index in [9.17, 15) is 4.79 Å². The summed E-state index contributed by atoms with van der Waals surface area (Å²) in [7, 11) is 4.09. The van der Waals surface area contributed by atoms with Crippen LogP contribution in [0.15, 0.2) is 5.38 Å². The molecule has 0 radical (unpaired) electrons. The van der Waals surface area contributed by atoms with Crippen LogP contribution in [0.1, 0.15) is 24.0 Å². The normalized spacial score (nSPS) is 11.0. The quantitative estimate of drug-likeness (QED) is 0.691. The highest BCUT2D eigenvalue weighted by molar-refractivity contribution is 7.09. The second-order valence-electron chi connectivity index (χ2n) is 4.67. The Morgan fingerprint density at radius 2 is 2.16 bits per heavy atom. The zero-order chi connectivity index (χ0) is 14.3. The van der Waals surface area contributed by atoms with Crippen LogP contribution in [0.25, 0.3) is 0 Å². The Morgan fingerprint density at radius 1 is 1.42 bits per heavy atom. The number of halogens is 1. The molecule has 1 amide bonds. The molecule has 1 aromatic rings. The van der Waals surface area contributed by atoms with E-state index >= 15 is 0 Å². The molecule has 0 saturated heterocycles. The van der Waals surface area contributed by atoms with Crippen LogP contribution in [0.4, 0.5) is 0 Å². The molecule has 0 fully saturated rings. The van der Waals surface area contributed by atoms with Gasteiger partial charge in [-0.1, -0.05) is 0 Å². The Labute approximate surface area is 124 Å². The van der Waals surface area contributed by atoms with Crippen LogP contribution in [0, 0.1) is 0 Å². The molecule has 0 bridgehead atoms. The maximum atomic E-state index is 12.2. The molecule has 4 nitrogen and oxygen atoms in total. The predicted molar refractivity (Wildman–Crippen MR) is 80.8 cm³/mol. The van der Waals surface area contributed by atoms with Gasteiger partial charge in [0.2, 0.25) is 5.91 Å². The summed E-state index contributed by atoms with van der Waals surface area (Å²) in [6.07, 6.45) is 1.38. The van der Waals surface area contributed by atoms with E-state index in [4.69, 9.17) is 11.6 Å². The number of nitrogens with zero attached hydrogens (tertiary/aromatic N) is 3. The maximum Gasteiger partial charge on any atom is 0.229 e. The van der Waals surface area contributed by atoms with Gasteiger partial charge in [0.05, 0.1) is 18.0 Å². The Kier molecular flexibility index (Phi) is 7.34. The van der Waals surface area contributed by atoms with Crippen LogP contribution in [-0.2, 0) is 17.1 Å². The second kappa shape index (κ2) is 8.51. The van der Waals surface area contributed by atoms with Crippen LogP contribution in [-0.4, -0.2) is 54.4 Å². The van der Waals surface area contributed by atoms with Gasteiger partial charge in [-0.25, -0.2) is 4.98 Å². The molecule has 108 valence electrons. The number of alkyl halides is 1. The summed E-state index contributed by atoms with van der Waals surface area (Å²) in [5.41, 5.74) is 0.852. The predicted octanol–water partition coefficient (Wildman–Crippen LogP) is 2.22. The molecule has 1 heterocycles. The number of aromatic nitrogens is 1. The minimum Gasteiger partial charge on any atom is -0.343 e. The van der Waals surface area contributed by atoms with Gasteiger partial charge >= 0.3 is 0 Å². The SMILES string of the molecule is CCN(CCCN(C)C)C(=O)Cc1nc(CCl)cs1. The van der Waals surface area contributed by atoms with E-state index in [0.29, 0.717) is 12.3 Å². The fourth-order valence-electron chi connectivity index (χ4n) is 1.77. The summed E-state index contributed by atoms with van der Waals surface area (Å²) in [5, 5.41) is 2.77. The molecule has 0 atom stereocenters. The van der Waals surface area contributed by atoms with Crippen molar-refractivity contribution in [1.82, 2.24) is 14.8 Å². The van der Waals surface area contributed by atoms with Gasteiger partial charge in [0, 0.05) is 18.5 Å². The van der Waals surface area contributed by atoms with Crippen molar-refractivity contribution in [2.75, 3.05) is 33.7 Å². The average Bonchev–Trinajstić information content (AvgIpc) is 2.81. The number of hydrogen-bond acceptors (Lipinski definition) is 4. The van der Waals surface area contributed by atoms with Crippen molar-refractivity contribution in [2.24, 2.45) is 0 Å². The van der Waals surface area contributed by atoms with Gasteiger partial charge in [-0.3, -0.25) is 4.79 Å². The Bertz CT molecular complexity index is 395. The lowest BCUT2D eigenvalue weighted by Crippen LogP contribution is -2.34. The number of thiazole rings is 1. The van der Waals surface area contributed by atoms with E-state index < -0.39 is 0 Å². The highest BCUT2D eigenvalue weighted by Crippen LogP contribution is 2.13. The minimum atomic E-state index is 0.150. The first kappa shape index (κ1) is 16.4. The molecule has 0 spiro atoms. The van der Waals surface area contributed by atoms with Gasteiger partial charge in [0.1, 0.15) is 5.01 Å². The molecule has 1 rings (SSSR count). The van der Waals surface area contributed by atoms with Crippen molar-refractivity contribution >= 4 is 28.8 Å². The third-order valence-electron chi connectivity index (χ3n) is 2.81. The average molecular weight is 304 g/mol. The first-order valence-electron chi connectivity index (χ1n) is 6.48. The van der Waals surface area contributed by atoms with Crippen LogP contribution in [0.2, 0.25) is 0 Å². The monoisotopic (exact) mass is 303 g/mol. The highest BCUT2D eigenvalue weighted by Gasteiger charge is 2.14. The summed E-state index contributed by atoms with van der Waals surface area (Å²) in [6.45, 7) is 4.57. The lowest BCUT2D eigenvalue weighted by atomic mass is 10.3. The number of carbonyl (C=O) groups excluding carboxylic acids is 1. The van der Waals surface area contributed by atoms with E-state index in [1.165, 1.54) is 11.3 Å². The van der Waals surface area contributed by atoms with E-state index in [1.807, 2.05) is 31.3 Å². The summed E-state index contributed by atoms with van der Waals surface area (Å²) < 4.78 is 0. The first-order valence-corrected chi connectivity index (χ1v) is 7.90. The topological polar surface area (TPSA) is 36.4 Å². The van der Waals surface area contributed by atoms with Gasteiger partial charge < -0.3 is 9.80 Å². The molecular weight excluding hydrogens is 282 g/mol. The summed E-state index contributed by atoms with van der Waals surface area (Å²) in [5.74, 6) is 0.558. The van der Waals surface area contributed by atoms with Gasteiger partial charge in [-0.2, -0.15) is 0 Å². The molecule has 0 aliphatic carbocycles. The van der Waals surface area contributed by atoms with E-state index in [-0.39, 0.29) is 5.91 Å². The Morgan fingerprint density at radius 3 is 2.68 bits per heavy atom. The largest absolute Gasteiger partial charge is 0.343 e. The van der Waals surface area contributed by atoms with Crippen molar-refractivity contribution in [3.63, 3.8) is 0 Å². The van der Waals surface area contributed by atoms with Crippen molar-refractivity contribution in [2.45, 2.75) is 25.6 Å². The molecule has 19 heavy (non-hydrogen) atoms. The van der Waals surface area contributed by atoms with Gasteiger partial charge in [-0.05, 0) is 34.0 Å². The molecule has 0 unspecified atom stereocenters. The molecule has 6 heteroatoms. The number of hydrogen-bond donors (Lipinski definition) is 0. The number of carbonyl (C=O) groups is 1. The van der Waals surface area contributed by atoms with Crippen molar-refractivity contribution in [3.8, 4) is 0 Å². The number of rotatable bonds is 8. The molecular formula is C13H22ClN3OS. The third-order valence-corrected chi connectivity index (χ3v) is 3.98. The van der Waals surface area contributed by atoms with Crippen molar-refractivity contribution in [3.05, 3.63) is 16.1 Å². The summed E-state index contributed by atoms with van der Waals surface area (Å²) >= 11 is 7.22. The number of likely N-dealkylation sites (N-methyl/N-ethyl adjacent to an activating group) is 1. The zero-order valence-electron chi connectivity index (χ0n) is 11.9. The molecule has 0 aliphatic rings. The third kappa shape index (κ3) is 5.89. The van der Waals surface area contributed by atoms with Crippen LogP contribution in [0.5, 0.6) is 0 Å². The van der Waals surface area contributed by atoms with Crippen LogP contribution < -0.4 is 0 Å². The molecule has 0 aromatic carbocycles. The van der Waals surface area contributed by atoms with Crippen LogP contribution >= 0.6 is 22.9 Å². The summed E-state index contributed by atoms with van der Waals surface area (Å²) in [4.78, 5) is 20.5. The Hall–Kier alpha value is -0.650. The van der Waals surface area contributed by atoms with E-state index in [2.05, 4.69) is 9.88 Å².